The Morgan fingerprint density at radius 3 is 2.68 bits per heavy atom. The SMILES string of the molecule is CCCC(=O)N1CCC(c2[nH]c3ccc(C)cc3c2C)CC1. The molecule has 2 heterocycles. The van der Waals surface area contributed by atoms with Crippen LogP contribution < -0.4 is 0 Å². The van der Waals surface area contributed by atoms with Gasteiger partial charge in [-0.3, -0.25) is 4.79 Å². The van der Waals surface area contributed by atoms with Crippen molar-refractivity contribution >= 4 is 16.8 Å². The largest absolute Gasteiger partial charge is 0.358 e. The van der Waals surface area contributed by atoms with Crippen LogP contribution in [-0.4, -0.2) is 28.9 Å². The predicted octanol–water partition coefficient (Wildman–Crippen LogP) is 4.29. The maximum Gasteiger partial charge on any atom is 0.222 e. The molecule has 3 rings (SSSR count). The number of aromatic amines is 1. The Balaban J connectivity index is 1.76. The fourth-order valence-electron chi connectivity index (χ4n) is 3.66. The summed E-state index contributed by atoms with van der Waals surface area (Å²) in [7, 11) is 0. The van der Waals surface area contributed by atoms with Crippen LogP contribution >= 0.6 is 0 Å². The number of nitrogens with one attached hydrogen (secondary N) is 1. The van der Waals surface area contributed by atoms with Gasteiger partial charge >= 0.3 is 0 Å². The highest BCUT2D eigenvalue weighted by molar-refractivity contribution is 5.85. The number of H-pyrrole nitrogens is 1. The van der Waals surface area contributed by atoms with Gasteiger partial charge in [-0.15, -0.1) is 0 Å². The van der Waals surface area contributed by atoms with Crippen molar-refractivity contribution < 1.29 is 4.79 Å². The van der Waals surface area contributed by atoms with Gasteiger partial charge in [0.25, 0.3) is 0 Å². The van der Waals surface area contributed by atoms with E-state index in [1.807, 2.05) is 4.90 Å². The number of likely N-dealkylation sites (tertiary alicyclic amines) is 1. The highest BCUT2D eigenvalue weighted by Gasteiger charge is 2.25. The van der Waals surface area contributed by atoms with E-state index in [1.54, 1.807) is 0 Å². The summed E-state index contributed by atoms with van der Waals surface area (Å²) in [4.78, 5) is 17.7. The van der Waals surface area contributed by atoms with E-state index >= 15 is 0 Å². The van der Waals surface area contributed by atoms with Crippen molar-refractivity contribution in [1.29, 1.82) is 0 Å². The molecule has 0 saturated carbocycles. The molecule has 0 radical (unpaired) electrons. The maximum absolute atomic E-state index is 12.0. The van der Waals surface area contributed by atoms with Gasteiger partial charge in [-0.2, -0.15) is 0 Å². The number of hydrogen-bond acceptors (Lipinski definition) is 1. The molecule has 22 heavy (non-hydrogen) atoms. The molecule has 118 valence electrons. The van der Waals surface area contributed by atoms with E-state index in [-0.39, 0.29) is 0 Å². The van der Waals surface area contributed by atoms with Gasteiger partial charge in [-0.25, -0.2) is 0 Å². The molecule has 0 bridgehead atoms. The fourth-order valence-corrected chi connectivity index (χ4v) is 3.66. The molecule has 1 aromatic heterocycles. The average molecular weight is 298 g/mol. The lowest BCUT2D eigenvalue weighted by molar-refractivity contribution is -0.132. The summed E-state index contributed by atoms with van der Waals surface area (Å²) in [6, 6.07) is 6.61. The van der Waals surface area contributed by atoms with Gasteiger partial charge in [0.1, 0.15) is 0 Å². The molecular formula is C19H26N2O. The third-order valence-electron chi connectivity index (χ3n) is 4.97. The number of carbonyl (C=O) groups excluding carboxylic acids is 1. The predicted molar refractivity (Wildman–Crippen MR) is 91.2 cm³/mol. The number of fused-ring (bicyclic) bond motifs is 1. The maximum atomic E-state index is 12.0. The van der Waals surface area contributed by atoms with Crippen molar-refractivity contribution in [3.8, 4) is 0 Å². The number of aryl methyl sites for hydroxylation is 2. The molecule has 1 amide bonds. The minimum Gasteiger partial charge on any atom is -0.358 e. The number of aromatic nitrogens is 1. The molecule has 1 N–H and O–H groups in total. The Labute approximate surface area is 132 Å². The summed E-state index contributed by atoms with van der Waals surface area (Å²) in [5, 5.41) is 1.35. The van der Waals surface area contributed by atoms with Gasteiger partial charge in [0.05, 0.1) is 0 Å². The Hall–Kier alpha value is -1.77. The van der Waals surface area contributed by atoms with Crippen LogP contribution in [0.25, 0.3) is 10.9 Å². The van der Waals surface area contributed by atoms with E-state index in [0.29, 0.717) is 18.2 Å². The Morgan fingerprint density at radius 1 is 1.27 bits per heavy atom. The molecule has 1 aliphatic heterocycles. The van der Waals surface area contributed by atoms with Crippen LogP contribution in [0.1, 0.15) is 55.3 Å². The van der Waals surface area contributed by atoms with Crippen molar-refractivity contribution in [2.24, 2.45) is 0 Å². The van der Waals surface area contributed by atoms with Gasteiger partial charge < -0.3 is 9.88 Å². The zero-order valence-corrected chi connectivity index (χ0v) is 13.9. The van der Waals surface area contributed by atoms with Crippen LogP contribution in [0.15, 0.2) is 18.2 Å². The van der Waals surface area contributed by atoms with E-state index in [2.05, 4.69) is 44.0 Å². The summed E-state index contributed by atoms with van der Waals surface area (Å²) >= 11 is 0. The first-order valence-corrected chi connectivity index (χ1v) is 8.46. The van der Waals surface area contributed by atoms with Crippen LogP contribution in [0.5, 0.6) is 0 Å². The summed E-state index contributed by atoms with van der Waals surface area (Å²) in [6.07, 6.45) is 3.78. The molecule has 0 atom stereocenters. The number of hydrogen-bond donors (Lipinski definition) is 1. The minimum absolute atomic E-state index is 0.324. The number of amides is 1. The van der Waals surface area contributed by atoms with E-state index in [1.165, 1.54) is 27.7 Å². The zero-order chi connectivity index (χ0) is 15.7. The first kappa shape index (κ1) is 15.1. The van der Waals surface area contributed by atoms with Gasteiger partial charge in [0, 0.05) is 42.0 Å². The normalized spacial score (nSPS) is 16.4. The van der Waals surface area contributed by atoms with Crippen LogP contribution in [0.3, 0.4) is 0 Å². The summed E-state index contributed by atoms with van der Waals surface area (Å²) in [5.74, 6) is 0.878. The lowest BCUT2D eigenvalue weighted by Crippen LogP contribution is -2.37. The van der Waals surface area contributed by atoms with Crippen LogP contribution in [0, 0.1) is 13.8 Å². The van der Waals surface area contributed by atoms with Gasteiger partial charge in [0.2, 0.25) is 5.91 Å². The van der Waals surface area contributed by atoms with Crippen molar-refractivity contribution in [1.82, 2.24) is 9.88 Å². The van der Waals surface area contributed by atoms with Crippen molar-refractivity contribution in [3.05, 3.63) is 35.0 Å². The van der Waals surface area contributed by atoms with E-state index < -0.39 is 0 Å². The second kappa shape index (κ2) is 6.15. The van der Waals surface area contributed by atoms with E-state index in [4.69, 9.17) is 0 Å². The number of benzene rings is 1. The fraction of sp³-hybridized carbons (Fsp3) is 0.526. The number of piperidine rings is 1. The topological polar surface area (TPSA) is 36.1 Å². The second-order valence-electron chi connectivity index (χ2n) is 6.62. The standard InChI is InChI=1S/C19H26N2O/c1-4-5-18(22)21-10-8-15(9-11-21)19-14(3)16-12-13(2)6-7-17(16)20-19/h6-7,12,15,20H,4-5,8-11H2,1-3H3. The van der Waals surface area contributed by atoms with Crippen molar-refractivity contribution in [3.63, 3.8) is 0 Å². The summed E-state index contributed by atoms with van der Waals surface area (Å²) < 4.78 is 0. The molecule has 1 fully saturated rings. The smallest absolute Gasteiger partial charge is 0.222 e. The van der Waals surface area contributed by atoms with Crippen LogP contribution in [0.2, 0.25) is 0 Å². The molecule has 1 aliphatic rings. The molecule has 0 spiro atoms. The summed E-state index contributed by atoms with van der Waals surface area (Å²) in [6.45, 7) is 8.24. The number of carbonyl (C=O) groups is 1. The Bertz CT molecular complexity index is 678. The summed E-state index contributed by atoms with van der Waals surface area (Å²) in [5.41, 5.74) is 5.31. The first-order valence-electron chi connectivity index (χ1n) is 8.46. The van der Waals surface area contributed by atoms with Crippen molar-refractivity contribution in [2.45, 2.75) is 52.4 Å². The highest BCUT2D eigenvalue weighted by atomic mass is 16.2. The Kier molecular flexibility index (Phi) is 4.23. The Morgan fingerprint density at radius 2 is 2.00 bits per heavy atom. The quantitative estimate of drug-likeness (QED) is 0.901. The first-order chi connectivity index (χ1) is 10.6. The number of nitrogens with zero attached hydrogens (tertiary/aromatic N) is 1. The lowest BCUT2D eigenvalue weighted by Gasteiger charge is -2.32. The van der Waals surface area contributed by atoms with Crippen molar-refractivity contribution in [2.75, 3.05) is 13.1 Å². The molecule has 0 unspecified atom stereocenters. The molecule has 1 saturated heterocycles. The molecular weight excluding hydrogens is 272 g/mol. The lowest BCUT2D eigenvalue weighted by atomic mass is 9.91. The van der Waals surface area contributed by atoms with Gasteiger partial charge in [-0.1, -0.05) is 18.6 Å². The monoisotopic (exact) mass is 298 g/mol. The minimum atomic E-state index is 0.324. The molecule has 0 aliphatic carbocycles. The van der Waals surface area contributed by atoms with Crippen LogP contribution in [-0.2, 0) is 4.79 Å². The number of rotatable bonds is 3. The van der Waals surface area contributed by atoms with E-state index in [9.17, 15) is 4.79 Å². The molecule has 1 aromatic carbocycles. The second-order valence-corrected chi connectivity index (χ2v) is 6.62. The third kappa shape index (κ3) is 2.77. The average Bonchev–Trinajstić information content (AvgIpc) is 2.84. The van der Waals surface area contributed by atoms with Gasteiger partial charge in [-0.05, 0) is 50.8 Å². The van der Waals surface area contributed by atoms with Gasteiger partial charge in [0.15, 0.2) is 0 Å². The zero-order valence-electron chi connectivity index (χ0n) is 13.9. The molecule has 3 heteroatoms. The highest BCUT2D eigenvalue weighted by Crippen LogP contribution is 2.33. The third-order valence-corrected chi connectivity index (χ3v) is 4.97. The van der Waals surface area contributed by atoms with E-state index in [0.717, 1.165) is 32.4 Å². The van der Waals surface area contributed by atoms with Crippen LogP contribution in [0.4, 0.5) is 0 Å². The molecule has 2 aromatic rings. The molecule has 3 nitrogen and oxygen atoms in total.